The zero-order chi connectivity index (χ0) is 14.8. The summed E-state index contributed by atoms with van der Waals surface area (Å²) in [6.45, 7) is 2.03. The van der Waals surface area contributed by atoms with Crippen molar-refractivity contribution in [1.29, 1.82) is 0 Å². The fourth-order valence-corrected chi connectivity index (χ4v) is 2.31. The molecule has 0 aliphatic heterocycles. The number of nitrogens with zero attached hydrogens (tertiary/aromatic N) is 4. The highest BCUT2D eigenvalue weighted by atomic mass is 15.1. The van der Waals surface area contributed by atoms with Crippen LogP contribution in [0.1, 0.15) is 5.56 Å². The molecule has 0 aliphatic rings. The molecule has 3 rings (SSSR count). The Bertz CT molecular complexity index is 818. The van der Waals surface area contributed by atoms with Crippen LogP contribution >= 0.6 is 0 Å². The van der Waals surface area contributed by atoms with Crippen LogP contribution in [0.2, 0.25) is 0 Å². The molecule has 21 heavy (non-hydrogen) atoms. The first-order valence-corrected chi connectivity index (χ1v) is 6.65. The summed E-state index contributed by atoms with van der Waals surface area (Å²) in [7, 11) is 3.47. The minimum Gasteiger partial charge on any atom is -0.357 e. The van der Waals surface area contributed by atoms with Gasteiger partial charge in [-0.2, -0.15) is 15.2 Å². The number of H-pyrrole nitrogens is 1. The van der Waals surface area contributed by atoms with Gasteiger partial charge < -0.3 is 10.3 Å². The summed E-state index contributed by atoms with van der Waals surface area (Å²) in [4.78, 5) is 11.9. The van der Waals surface area contributed by atoms with E-state index in [0.29, 0.717) is 5.95 Å². The van der Waals surface area contributed by atoms with Crippen molar-refractivity contribution in [2.45, 2.75) is 6.92 Å². The lowest BCUT2D eigenvalue weighted by molar-refractivity contribution is 1.15. The maximum absolute atomic E-state index is 4.40. The Morgan fingerprint density at radius 3 is 2.86 bits per heavy atom. The summed E-state index contributed by atoms with van der Waals surface area (Å²) >= 11 is 0. The number of aromatic amines is 1. The molecular formula is C15H16N6. The molecule has 0 spiro atoms. The standard InChI is InChI=1S/C15H16N6/c1-9-6-10(4-5-13(9)21-17-3)11-7-18-14-12(11)8-19-15(16-2)20-14/h4-8H,1-3H3,(H2,16,18,19,20)/b21-17-. The van der Waals surface area contributed by atoms with Crippen LogP contribution in [0.25, 0.3) is 22.2 Å². The molecule has 3 aromatic rings. The number of fused-ring (bicyclic) bond motifs is 1. The Morgan fingerprint density at radius 2 is 2.14 bits per heavy atom. The minimum absolute atomic E-state index is 0.603. The Hall–Kier alpha value is -2.76. The molecule has 1 aromatic carbocycles. The largest absolute Gasteiger partial charge is 0.357 e. The number of aromatic nitrogens is 3. The van der Waals surface area contributed by atoms with Gasteiger partial charge >= 0.3 is 0 Å². The number of rotatable bonds is 3. The first kappa shape index (κ1) is 13.2. The van der Waals surface area contributed by atoms with Crippen molar-refractivity contribution in [3.63, 3.8) is 0 Å². The van der Waals surface area contributed by atoms with Crippen LogP contribution in [0, 0.1) is 6.92 Å². The topological polar surface area (TPSA) is 78.3 Å². The minimum atomic E-state index is 0.603. The second-order valence-corrected chi connectivity index (χ2v) is 4.71. The molecule has 0 bridgehead atoms. The van der Waals surface area contributed by atoms with E-state index in [9.17, 15) is 0 Å². The van der Waals surface area contributed by atoms with Crippen molar-refractivity contribution >= 4 is 22.7 Å². The molecule has 2 heterocycles. The van der Waals surface area contributed by atoms with E-state index in [2.05, 4.69) is 36.6 Å². The highest BCUT2D eigenvalue weighted by Crippen LogP contribution is 2.31. The highest BCUT2D eigenvalue weighted by Gasteiger charge is 2.09. The molecule has 6 nitrogen and oxygen atoms in total. The fraction of sp³-hybridized carbons (Fsp3) is 0.200. The predicted octanol–water partition coefficient (Wildman–Crippen LogP) is 3.69. The van der Waals surface area contributed by atoms with Gasteiger partial charge in [0.1, 0.15) is 5.65 Å². The summed E-state index contributed by atoms with van der Waals surface area (Å²) in [6, 6.07) is 6.10. The molecule has 2 aromatic heterocycles. The lowest BCUT2D eigenvalue weighted by Crippen LogP contribution is -1.95. The lowest BCUT2D eigenvalue weighted by atomic mass is 10.0. The van der Waals surface area contributed by atoms with E-state index in [1.165, 1.54) is 0 Å². The monoisotopic (exact) mass is 280 g/mol. The van der Waals surface area contributed by atoms with Gasteiger partial charge in [0.25, 0.3) is 0 Å². The summed E-state index contributed by atoms with van der Waals surface area (Å²) in [5.74, 6) is 0.603. The maximum atomic E-state index is 4.40. The highest BCUT2D eigenvalue weighted by molar-refractivity contribution is 5.93. The molecule has 0 unspecified atom stereocenters. The average Bonchev–Trinajstić information content (AvgIpc) is 2.92. The third kappa shape index (κ3) is 2.35. The predicted molar refractivity (Wildman–Crippen MR) is 84.0 cm³/mol. The van der Waals surface area contributed by atoms with Gasteiger partial charge in [-0.3, -0.25) is 0 Å². The van der Waals surface area contributed by atoms with Crippen molar-refractivity contribution < 1.29 is 0 Å². The van der Waals surface area contributed by atoms with Gasteiger partial charge in [-0.1, -0.05) is 6.07 Å². The zero-order valence-corrected chi connectivity index (χ0v) is 12.2. The average molecular weight is 280 g/mol. The lowest BCUT2D eigenvalue weighted by Gasteiger charge is -2.04. The van der Waals surface area contributed by atoms with Gasteiger partial charge in [-0.05, 0) is 30.2 Å². The number of azo groups is 1. The van der Waals surface area contributed by atoms with E-state index >= 15 is 0 Å². The van der Waals surface area contributed by atoms with E-state index in [0.717, 1.165) is 33.4 Å². The number of benzene rings is 1. The molecule has 0 amide bonds. The molecule has 0 radical (unpaired) electrons. The Kier molecular flexibility index (Phi) is 3.35. The summed E-state index contributed by atoms with van der Waals surface area (Å²) < 4.78 is 0. The van der Waals surface area contributed by atoms with E-state index in [-0.39, 0.29) is 0 Å². The molecule has 0 saturated heterocycles. The normalized spacial score (nSPS) is 11.4. The molecule has 0 fully saturated rings. The third-order valence-corrected chi connectivity index (χ3v) is 3.37. The molecule has 6 heteroatoms. The first-order chi connectivity index (χ1) is 10.2. The Morgan fingerprint density at radius 1 is 1.29 bits per heavy atom. The van der Waals surface area contributed by atoms with Crippen molar-refractivity contribution in [2.75, 3.05) is 19.4 Å². The van der Waals surface area contributed by atoms with E-state index in [1.807, 2.05) is 31.5 Å². The van der Waals surface area contributed by atoms with Gasteiger partial charge in [-0.15, -0.1) is 0 Å². The maximum Gasteiger partial charge on any atom is 0.224 e. The number of hydrogen-bond acceptors (Lipinski definition) is 5. The van der Waals surface area contributed by atoms with Crippen LogP contribution in [-0.2, 0) is 0 Å². The molecule has 2 N–H and O–H groups in total. The van der Waals surface area contributed by atoms with Crippen LogP contribution in [0.3, 0.4) is 0 Å². The molecule has 106 valence electrons. The van der Waals surface area contributed by atoms with E-state index in [4.69, 9.17) is 0 Å². The summed E-state index contributed by atoms with van der Waals surface area (Å²) in [6.07, 6.45) is 3.78. The first-order valence-electron chi connectivity index (χ1n) is 6.65. The SMILES string of the molecule is C/N=N\c1ccc(-c2c[nH]c3nc(NC)ncc23)cc1C. The molecule has 0 atom stereocenters. The number of hydrogen-bond donors (Lipinski definition) is 2. The number of anilines is 1. The summed E-state index contributed by atoms with van der Waals surface area (Å²) in [5, 5.41) is 11.9. The molecule has 0 aliphatic carbocycles. The van der Waals surface area contributed by atoms with Gasteiger partial charge in [0, 0.05) is 37.4 Å². The van der Waals surface area contributed by atoms with Crippen LogP contribution in [-0.4, -0.2) is 29.0 Å². The Labute approximate surface area is 122 Å². The van der Waals surface area contributed by atoms with Gasteiger partial charge in [-0.25, -0.2) is 4.98 Å². The Balaban J connectivity index is 2.10. The van der Waals surface area contributed by atoms with Crippen molar-refractivity contribution in [3.05, 3.63) is 36.2 Å². The number of aryl methyl sites for hydroxylation is 1. The smallest absolute Gasteiger partial charge is 0.224 e. The van der Waals surface area contributed by atoms with Crippen molar-refractivity contribution in [3.8, 4) is 11.1 Å². The second kappa shape index (κ2) is 5.32. The van der Waals surface area contributed by atoms with E-state index < -0.39 is 0 Å². The number of nitrogens with one attached hydrogen (secondary N) is 2. The van der Waals surface area contributed by atoms with Gasteiger partial charge in [0.05, 0.1) is 5.69 Å². The third-order valence-electron chi connectivity index (χ3n) is 3.37. The van der Waals surface area contributed by atoms with Crippen LogP contribution in [0.5, 0.6) is 0 Å². The van der Waals surface area contributed by atoms with Crippen molar-refractivity contribution in [1.82, 2.24) is 15.0 Å². The van der Waals surface area contributed by atoms with Crippen molar-refractivity contribution in [2.24, 2.45) is 10.2 Å². The van der Waals surface area contributed by atoms with Crippen LogP contribution in [0.4, 0.5) is 11.6 Å². The van der Waals surface area contributed by atoms with Crippen LogP contribution in [0.15, 0.2) is 40.8 Å². The molecular weight excluding hydrogens is 264 g/mol. The van der Waals surface area contributed by atoms with Crippen LogP contribution < -0.4 is 5.32 Å². The second-order valence-electron chi connectivity index (χ2n) is 4.71. The molecule has 0 saturated carbocycles. The van der Waals surface area contributed by atoms with E-state index in [1.54, 1.807) is 14.1 Å². The summed E-state index contributed by atoms with van der Waals surface area (Å²) in [5.41, 5.74) is 4.97. The van der Waals surface area contributed by atoms with Gasteiger partial charge in [0.15, 0.2) is 0 Å². The zero-order valence-electron chi connectivity index (χ0n) is 12.2. The quantitative estimate of drug-likeness (QED) is 0.718. The fourth-order valence-electron chi connectivity index (χ4n) is 2.31. The van der Waals surface area contributed by atoms with Gasteiger partial charge in [0.2, 0.25) is 5.95 Å².